The van der Waals surface area contributed by atoms with E-state index in [9.17, 15) is 4.79 Å². The zero-order chi connectivity index (χ0) is 11.3. The number of nitriles is 1. The zero-order valence-corrected chi connectivity index (χ0v) is 9.40. The SMILES string of the molecule is COC(=O)[C@H]1CCCCN1C(C)CC#N. The van der Waals surface area contributed by atoms with Crippen LogP contribution in [-0.4, -0.2) is 36.6 Å². The molecule has 1 aliphatic heterocycles. The van der Waals surface area contributed by atoms with Gasteiger partial charge in [0.2, 0.25) is 0 Å². The van der Waals surface area contributed by atoms with E-state index in [1.807, 2.05) is 6.92 Å². The molecule has 4 heteroatoms. The van der Waals surface area contributed by atoms with E-state index in [2.05, 4.69) is 11.0 Å². The average Bonchev–Trinajstić information content (AvgIpc) is 2.28. The van der Waals surface area contributed by atoms with Crippen LogP contribution in [0.1, 0.15) is 32.6 Å². The van der Waals surface area contributed by atoms with Crippen molar-refractivity contribution in [3.05, 3.63) is 0 Å². The second-order valence-corrected chi connectivity index (χ2v) is 3.98. The van der Waals surface area contributed by atoms with Gasteiger partial charge in [0.1, 0.15) is 6.04 Å². The van der Waals surface area contributed by atoms with Crippen molar-refractivity contribution in [1.29, 1.82) is 5.26 Å². The molecule has 0 radical (unpaired) electrons. The number of rotatable bonds is 3. The molecule has 84 valence electrons. The first-order chi connectivity index (χ1) is 7.20. The molecular weight excluding hydrogens is 192 g/mol. The zero-order valence-electron chi connectivity index (χ0n) is 9.40. The molecule has 0 aromatic heterocycles. The summed E-state index contributed by atoms with van der Waals surface area (Å²) >= 11 is 0. The molecule has 0 saturated carbocycles. The lowest BCUT2D eigenvalue weighted by atomic mass is 9.99. The van der Waals surface area contributed by atoms with Crippen LogP contribution in [0.25, 0.3) is 0 Å². The third-order valence-electron chi connectivity index (χ3n) is 2.97. The molecule has 1 fully saturated rings. The first-order valence-corrected chi connectivity index (χ1v) is 5.41. The minimum absolute atomic E-state index is 0.138. The number of methoxy groups -OCH3 is 1. The van der Waals surface area contributed by atoms with Crippen molar-refractivity contribution in [2.45, 2.75) is 44.7 Å². The number of hydrogen-bond donors (Lipinski definition) is 0. The van der Waals surface area contributed by atoms with Gasteiger partial charge in [0.05, 0.1) is 19.6 Å². The summed E-state index contributed by atoms with van der Waals surface area (Å²) in [4.78, 5) is 13.6. The van der Waals surface area contributed by atoms with Gasteiger partial charge >= 0.3 is 5.97 Å². The number of carbonyl (C=O) groups is 1. The van der Waals surface area contributed by atoms with Crippen molar-refractivity contribution in [2.75, 3.05) is 13.7 Å². The van der Waals surface area contributed by atoms with Gasteiger partial charge in [-0.25, -0.2) is 0 Å². The van der Waals surface area contributed by atoms with Gasteiger partial charge in [-0.15, -0.1) is 0 Å². The van der Waals surface area contributed by atoms with Crippen LogP contribution in [0.2, 0.25) is 0 Å². The molecule has 4 nitrogen and oxygen atoms in total. The Balaban J connectivity index is 2.65. The fraction of sp³-hybridized carbons (Fsp3) is 0.818. The number of carbonyl (C=O) groups excluding carboxylic acids is 1. The highest BCUT2D eigenvalue weighted by atomic mass is 16.5. The molecule has 1 unspecified atom stereocenters. The molecule has 1 heterocycles. The van der Waals surface area contributed by atoms with Crippen molar-refractivity contribution in [3.8, 4) is 6.07 Å². The third kappa shape index (κ3) is 2.93. The summed E-state index contributed by atoms with van der Waals surface area (Å²) < 4.78 is 4.78. The van der Waals surface area contributed by atoms with E-state index in [1.54, 1.807) is 0 Å². The van der Waals surface area contributed by atoms with Gasteiger partial charge in [-0.2, -0.15) is 5.26 Å². The lowest BCUT2D eigenvalue weighted by Gasteiger charge is -2.37. The first-order valence-electron chi connectivity index (χ1n) is 5.41. The monoisotopic (exact) mass is 210 g/mol. The van der Waals surface area contributed by atoms with Crippen LogP contribution in [-0.2, 0) is 9.53 Å². The summed E-state index contributed by atoms with van der Waals surface area (Å²) in [6.07, 6.45) is 3.48. The maximum Gasteiger partial charge on any atom is 0.323 e. The standard InChI is InChI=1S/C11H18N2O2/c1-9(6-7-12)13-8-4-3-5-10(13)11(14)15-2/h9-10H,3-6,8H2,1-2H3/t9?,10-/m1/s1. The molecule has 0 aromatic carbocycles. The van der Waals surface area contributed by atoms with Crippen LogP contribution in [0, 0.1) is 11.3 Å². The molecule has 0 aromatic rings. The Morgan fingerprint density at radius 1 is 1.67 bits per heavy atom. The van der Waals surface area contributed by atoms with Gasteiger partial charge in [0.15, 0.2) is 0 Å². The van der Waals surface area contributed by atoms with Crippen LogP contribution in [0.3, 0.4) is 0 Å². The van der Waals surface area contributed by atoms with E-state index in [-0.39, 0.29) is 18.1 Å². The number of likely N-dealkylation sites (tertiary alicyclic amines) is 1. The lowest BCUT2D eigenvalue weighted by molar-refractivity contribution is -0.149. The number of hydrogen-bond acceptors (Lipinski definition) is 4. The van der Waals surface area contributed by atoms with Gasteiger partial charge < -0.3 is 4.74 Å². The van der Waals surface area contributed by atoms with Gasteiger partial charge in [0.25, 0.3) is 0 Å². The summed E-state index contributed by atoms with van der Waals surface area (Å²) in [5, 5.41) is 8.66. The predicted molar refractivity (Wildman–Crippen MR) is 56.1 cm³/mol. The average molecular weight is 210 g/mol. The molecule has 2 atom stereocenters. The molecule has 0 aliphatic carbocycles. The Morgan fingerprint density at radius 3 is 3.00 bits per heavy atom. The fourth-order valence-electron chi connectivity index (χ4n) is 2.12. The molecular formula is C11H18N2O2. The molecule has 15 heavy (non-hydrogen) atoms. The highest BCUT2D eigenvalue weighted by molar-refractivity contribution is 5.75. The van der Waals surface area contributed by atoms with Gasteiger partial charge in [-0.3, -0.25) is 9.69 Å². The van der Waals surface area contributed by atoms with Crippen molar-refractivity contribution < 1.29 is 9.53 Å². The first kappa shape index (κ1) is 12.0. The summed E-state index contributed by atoms with van der Waals surface area (Å²) in [5.41, 5.74) is 0. The van der Waals surface area contributed by atoms with Crippen molar-refractivity contribution in [3.63, 3.8) is 0 Å². The van der Waals surface area contributed by atoms with Crippen molar-refractivity contribution in [2.24, 2.45) is 0 Å². The van der Waals surface area contributed by atoms with Crippen molar-refractivity contribution >= 4 is 5.97 Å². The second-order valence-electron chi connectivity index (χ2n) is 3.98. The van der Waals surface area contributed by atoms with Crippen molar-refractivity contribution in [1.82, 2.24) is 4.90 Å². The molecule has 0 spiro atoms. The quantitative estimate of drug-likeness (QED) is 0.659. The normalized spacial score (nSPS) is 24.2. The van der Waals surface area contributed by atoms with Gasteiger partial charge in [-0.05, 0) is 26.3 Å². The van der Waals surface area contributed by atoms with E-state index in [0.29, 0.717) is 6.42 Å². The minimum Gasteiger partial charge on any atom is -0.468 e. The van der Waals surface area contributed by atoms with E-state index in [4.69, 9.17) is 10.00 Å². The molecule has 0 amide bonds. The minimum atomic E-state index is -0.167. The maximum absolute atomic E-state index is 11.5. The highest BCUT2D eigenvalue weighted by Crippen LogP contribution is 2.21. The smallest absolute Gasteiger partial charge is 0.323 e. The highest BCUT2D eigenvalue weighted by Gasteiger charge is 2.32. The maximum atomic E-state index is 11.5. The Kier molecular flexibility index (Phi) is 4.57. The largest absolute Gasteiger partial charge is 0.468 e. The summed E-state index contributed by atoms with van der Waals surface area (Å²) in [5.74, 6) is -0.167. The topological polar surface area (TPSA) is 53.3 Å². The van der Waals surface area contributed by atoms with Gasteiger partial charge in [-0.1, -0.05) is 6.42 Å². The number of nitrogens with zero attached hydrogens (tertiary/aromatic N) is 2. The van der Waals surface area contributed by atoms with Crippen LogP contribution >= 0.6 is 0 Å². The molecule has 1 rings (SSSR count). The van der Waals surface area contributed by atoms with E-state index in [1.165, 1.54) is 7.11 Å². The molecule has 0 N–H and O–H groups in total. The predicted octanol–water partition coefficient (Wildman–Crippen LogP) is 1.32. The Bertz CT molecular complexity index is 260. The Labute approximate surface area is 90.8 Å². The third-order valence-corrected chi connectivity index (χ3v) is 2.97. The molecule has 1 aliphatic rings. The number of piperidine rings is 1. The van der Waals surface area contributed by atoms with E-state index in [0.717, 1.165) is 25.8 Å². The van der Waals surface area contributed by atoms with Crippen LogP contribution in [0.4, 0.5) is 0 Å². The summed E-state index contributed by atoms with van der Waals surface area (Å²) in [6, 6.07) is 2.14. The molecule has 1 saturated heterocycles. The fourth-order valence-corrected chi connectivity index (χ4v) is 2.12. The number of esters is 1. The summed E-state index contributed by atoms with van der Waals surface area (Å²) in [7, 11) is 1.42. The Morgan fingerprint density at radius 2 is 2.40 bits per heavy atom. The van der Waals surface area contributed by atoms with Crippen LogP contribution < -0.4 is 0 Å². The van der Waals surface area contributed by atoms with Crippen LogP contribution in [0.15, 0.2) is 0 Å². The van der Waals surface area contributed by atoms with E-state index < -0.39 is 0 Å². The molecule has 0 bridgehead atoms. The van der Waals surface area contributed by atoms with E-state index >= 15 is 0 Å². The lowest BCUT2D eigenvalue weighted by Crippen LogP contribution is -2.49. The Hall–Kier alpha value is -1.08. The van der Waals surface area contributed by atoms with Gasteiger partial charge in [0, 0.05) is 6.04 Å². The second kappa shape index (κ2) is 5.72. The van der Waals surface area contributed by atoms with Crippen LogP contribution in [0.5, 0.6) is 0 Å². The number of ether oxygens (including phenoxy) is 1. The summed E-state index contributed by atoms with van der Waals surface area (Å²) in [6.45, 7) is 2.88.